The number of carbonyl (C=O) groups is 2. The van der Waals surface area contributed by atoms with Crippen molar-refractivity contribution in [3.63, 3.8) is 0 Å². The third-order valence-corrected chi connectivity index (χ3v) is 8.27. The van der Waals surface area contributed by atoms with Gasteiger partial charge in [0.1, 0.15) is 5.69 Å². The lowest BCUT2D eigenvalue weighted by Crippen LogP contribution is -2.39. The lowest BCUT2D eigenvalue weighted by atomic mass is 9.79. The zero-order valence-corrected chi connectivity index (χ0v) is 23.9. The predicted molar refractivity (Wildman–Crippen MR) is 146 cm³/mol. The Hall–Kier alpha value is -4.02. The minimum Gasteiger partial charge on any atom is -0.348 e. The number of nitrogens with one attached hydrogen (secondary N) is 2. The van der Waals surface area contributed by atoms with Crippen molar-refractivity contribution >= 4 is 17.5 Å². The maximum absolute atomic E-state index is 14.0. The van der Waals surface area contributed by atoms with E-state index in [1.807, 2.05) is 19.9 Å². The van der Waals surface area contributed by atoms with Crippen LogP contribution in [0, 0.1) is 23.2 Å². The van der Waals surface area contributed by atoms with Gasteiger partial charge in [-0.3, -0.25) is 14.3 Å². The number of amides is 2. The van der Waals surface area contributed by atoms with Gasteiger partial charge in [0.15, 0.2) is 5.65 Å². The molecule has 2 aliphatic rings. The number of alkyl halides is 4. The Kier molecular flexibility index (Phi) is 8.45. The van der Waals surface area contributed by atoms with Crippen LogP contribution in [-0.4, -0.2) is 48.0 Å². The molecule has 2 saturated carbocycles. The Morgan fingerprint density at radius 2 is 1.84 bits per heavy atom. The highest BCUT2D eigenvalue weighted by molar-refractivity contribution is 5.92. The monoisotopic (exact) mass is 602 g/mol. The van der Waals surface area contributed by atoms with Crippen LogP contribution >= 0.6 is 0 Å². The number of fused-ring (bicyclic) bond motifs is 1. The summed E-state index contributed by atoms with van der Waals surface area (Å²) in [5, 5.41) is 23.7. The van der Waals surface area contributed by atoms with Crippen LogP contribution in [0.15, 0.2) is 30.7 Å². The zero-order valence-electron chi connectivity index (χ0n) is 23.9. The van der Waals surface area contributed by atoms with Gasteiger partial charge in [0.25, 0.3) is 5.91 Å². The summed E-state index contributed by atoms with van der Waals surface area (Å²) in [5.74, 6) is -7.01. The molecule has 230 valence electrons. The largest absolute Gasteiger partial charge is 0.348 e. The van der Waals surface area contributed by atoms with Gasteiger partial charge in [0.05, 0.1) is 42.7 Å². The lowest BCUT2D eigenvalue weighted by molar-refractivity contribution is -0.134. The summed E-state index contributed by atoms with van der Waals surface area (Å²) in [4.78, 5) is 30.6. The molecule has 2 N–H and O–H groups in total. The molecule has 0 bridgehead atoms. The Morgan fingerprint density at radius 1 is 1.12 bits per heavy atom. The fourth-order valence-electron chi connectivity index (χ4n) is 5.99. The van der Waals surface area contributed by atoms with E-state index in [1.54, 1.807) is 23.0 Å². The highest BCUT2D eigenvalue weighted by Crippen LogP contribution is 2.44. The van der Waals surface area contributed by atoms with Crippen LogP contribution in [0.3, 0.4) is 0 Å². The highest BCUT2D eigenvalue weighted by Gasteiger charge is 2.46. The average Bonchev–Trinajstić information content (AvgIpc) is 3.58. The number of carbonyl (C=O) groups excluding carboxylic acids is 2. The predicted octanol–water partition coefficient (Wildman–Crippen LogP) is 5.31. The Labute approximate surface area is 245 Å². The van der Waals surface area contributed by atoms with Gasteiger partial charge in [-0.15, -0.1) is 0 Å². The van der Waals surface area contributed by atoms with Crippen molar-refractivity contribution < 1.29 is 27.2 Å². The van der Waals surface area contributed by atoms with E-state index in [9.17, 15) is 32.4 Å². The van der Waals surface area contributed by atoms with Gasteiger partial charge in [-0.25, -0.2) is 27.1 Å². The first-order chi connectivity index (χ1) is 20.3. The van der Waals surface area contributed by atoms with E-state index in [4.69, 9.17) is 0 Å². The smallest absolute Gasteiger partial charge is 0.270 e. The molecule has 43 heavy (non-hydrogen) atoms. The Bertz CT molecular complexity index is 1510. The van der Waals surface area contributed by atoms with E-state index in [0.29, 0.717) is 22.6 Å². The fourth-order valence-corrected chi connectivity index (χ4v) is 5.99. The molecule has 0 saturated heterocycles. The average molecular weight is 603 g/mol. The normalized spacial score (nSPS) is 19.9. The van der Waals surface area contributed by atoms with Crippen LogP contribution in [0.4, 0.5) is 17.6 Å². The summed E-state index contributed by atoms with van der Waals surface area (Å²) >= 11 is 0. The van der Waals surface area contributed by atoms with E-state index >= 15 is 0 Å². The molecule has 0 spiro atoms. The second-order valence-electron chi connectivity index (χ2n) is 12.0. The van der Waals surface area contributed by atoms with Crippen LogP contribution < -0.4 is 10.6 Å². The molecule has 10 nitrogen and oxygen atoms in total. The van der Waals surface area contributed by atoms with Crippen molar-refractivity contribution in [1.29, 1.82) is 5.26 Å². The standard InChI is InChI=1S/C29H34F4N8O2/c1-17(2)41-23(6-10-35-41)27(43)39-26(19-3-7-28(30,31)8-4-19)22-16-40-24(37-22)12-20(15-36-40)21(5-9-34)38-25(42)11-18-13-29(32,33)14-18/h6,10,12,15-19,21,26H,3-5,7-8,11,13-14H2,1-2H3,(H,38,42)(H,39,43)/t21-,26?/m0/s1. The molecule has 3 aromatic heterocycles. The molecule has 0 aliphatic heterocycles. The van der Waals surface area contributed by atoms with Crippen molar-refractivity contribution in [2.75, 3.05) is 0 Å². The van der Waals surface area contributed by atoms with Crippen LogP contribution in [0.25, 0.3) is 5.65 Å². The minimum atomic E-state index is -2.75. The molecule has 14 heteroatoms. The molecule has 5 rings (SSSR count). The zero-order chi connectivity index (χ0) is 30.9. The Morgan fingerprint density at radius 3 is 2.49 bits per heavy atom. The summed E-state index contributed by atoms with van der Waals surface area (Å²) < 4.78 is 57.5. The molecule has 2 fully saturated rings. The van der Waals surface area contributed by atoms with Gasteiger partial charge in [0, 0.05) is 44.3 Å². The van der Waals surface area contributed by atoms with Gasteiger partial charge in [0.2, 0.25) is 17.8 Å². The number of imidazole rings is 1. The first-order valence-electron chi connectivity index (χ1n) is 14.5. The molecule has 2 aliphatic carbocycles. The van der Waals surface area contributed by atoms with Gasteiger partial charge in [-0.2, -0.15) is 15.5 Å². The van der Waals surface area contributed by atoms with Crippen LogP contribution in [-0.2, 0) is 4.79 Å². The van der Waals surface area contributed by atoms with E-state index in [2.05, 4.69) is 25.8 Å². The summed E-state index contributed by atoms with van der Waals surface area (Å²) in [6.07, 6.45) is 3.64. The fraction of sp³-hybridized carbons (Fsp3) is 0.586. The van der Waals surface area contributed by atoms with Crippen LogP contribution in [0.1, 0.15) is 105 Å². The third-order valence-electron chi connectivity index (χ3n) is 8.27. The van der Waals surface area contributed by atoms with Gasteiger partial charge < -0.3 is 10.6 Å². The maximum atomic E-state index is 14.0. The first-order valence-corrected chi connectivity index (χ1v) is 14.5. The van der Waals surface area contributed by atoms with Gasteiger partial charge >= 0.3 is 0 Å². The molecule has 3 heterocycles. The van der Waals surface area contributed by atoms with Crippen molar-refractivity contribution in [3.05, 3.63) is 47.7 Å². The molecule has 3 aromatic rings. The molecule has 1 unspecified atom stereocenters. The number of hydrogen-bond acceptors (Lipinski definition) is 6. The number of rotatable bonds is 10. The van der Waals surface area contributed by atoms with E-state index in [0.717, 1.165) is 0 Å². The summed E-state index contributed by atoms with van der Waals surface area (Å²) in [6.45, 7) is 3.79. The Balaban J connectivity index is 1.38. The van der Waals surface area contributed by atoms with Crippen molar-refractivity contribution in [1.82, 2.24) is 35.0 Å². The third kappa shape index (κ3) is 6.97. The summed E-state index contributed by atoms with van der Waals surface area (Å²) in [5.41, 5.74) is 1.65. The minimum absolute atomic E-state index is 0.0573. The SMILES string of the molecule is CC(C)n1nccc1C(=O)NC(c1cn2ncc([C@H](CC#N)NC(=O)CC3CC(F)(F)C3)cc2n1)C1CCC(F)(F)CC1. The van der Waals surface area contributed by atoms with E-state index in [-0.39, 0.29) is 63.3 Å². The van der Waals surface area contributed by atoms with Crippen LogP contribution in [0.5, 0.6) is 0 Å². The number of nitrogens with zero attached hydrogens (tertiary/aromatic N) is 6. The number of halogens is 4. The quantitative estimate of drug-likeness (QED) is 0.303. The second-order valence-corrected chi connectivity index (χ2v) is 12.0. The molecular formula is C29H34F4N8O2. The van der Waals surface area contributed by atoms with E-state index < -0.39 is 41.7 Å². The molecule has 0 radical (unpaired) electrons. The summed E-state index contributed by atoms with van der Waals surface area (Å²) in [6, 6.07) is 3.79. The molecular weight excluding hydrogens is 568 g/mol. The number of aromatic nitrogens is 5. The van der Waals surface area contributed by atoms with Crippen LogP contribution in [0.2, 0.25) is 0 Å². The van der Waals surface area contributed by atoms with Gasteiger partial charge in [-0.05, 0) is 56.2 Å². The molecule has 2 amide bonds. The first kappa shape index (κ1) is 30.4. The van der Waals surface area contributed by atoms with Crippen molar-refractivity contribution in [3.8, 4) is 6.07 Å². The van der Waals surface area contributed by atoms with Crippen molar-refractivity contribution in [2.45, 2.75) is 95.2 Å². The maximum Gasteiger partial charge on any atom is 0.270 e. The topological polar surface area (TPSA) is 130 Å². The summed E-state index contributed by atoms with van der Waals surface area (Å²) in [7, 11) is 0. The number of nitriles is 1. The number of hydrogen-bond donors (Lipinski definition) is 2. The van der Waals surface area contributed by atoms with Crippen molar-refractivity contribution in [2.24, 2.45) is 11.8 Å². The van der Waals surface area contributed by atoms with E-state index in [1.165, 1.54) is 16.9 Å². The molecule has 0 aromatic carbocycles. The second kappa shape index (κ2) is 11.9. The molecule has 2 atom stereocenters. The lowest BCUT2D eigenvalue weighted by Gasteiger charge is -2.34. The highest BCUT2D eigenvalue weighted by atomic mass is 19.3. The van der Waals surface area contributed by atoms with Gasteiger partial charge in [-0.1, -0.05) is 0 Å².